The van der Waals surface area contributed by atoms with Crippen LogP contribution >= 0.6 is 0 Å². The number of hydrogen-bond donors (Lipinski definition) is 1. The fourth-order valence-electron chi connectivity index (χ4n) is 3.93. The molecule has 3 fully saturated rings. The number of anilines is 1. The molecule has 0 spiro atoms. The van der Waals surface area contributed by atoms with Crippen LogP contribution in [-0.4, -0.2) is 62.4 Å². The van der Waals surface area contributed by atoms with Crippen molar-refractivity contribution in [2.75, 3.05) is 11.4 Å². The highest BCUT2D eigenvalue weighted by molar-refractivity contribution is 5.95. The van der Waals surface area contributed by atoms with Gasteiger partial charge in [-0.05, 0) is 31.6 Å². The Morgan fingerprint density at radius 1 is 1.21 bits per heavy atom. The number of aromatic nitrogens is 2. The summed E-state index contributed by atoms with van der Waals surface area (Å²) in [7, 11) is 1.86. The minimum Gasteiger partial charge on any atom is -0.475 e. The molecule has 1 aromatic rings. The van der Waals surface area contributed by atoms with E-state index in [9.17, 15) is 22.8 Å². The van der Waals surface area contributed by atoms with Gasteiger partial charge in [-0.25, -0.2) is 4.79 Å². The van der Waals surface area contributed by atoms with Gasteiger partial charge in [0.05, 0.1) is 24.0 Å². The number of alkyl halides is 3. The molecular weight excluding hydrogens is 393 g/mol. The average molecular weight is 416 g/mol. The van der Waals surface area contributed by atoms with E-state index < -0.39 is 12.1 Å². The van der Waals surface area contributed by atoms with Crippen LogP contribution in [-0.2, 0) is 21.4 Å². The van der Waals surface area contributed by atoms with Crippen LogP contribution in [0.5, 0.6) is 0 Å². The summed E-state index contributed by atoms with van der Waals surface area (Å²) in [5, 5.41) is 11.3. The predicted octanol–water partition coefficient (Wildman–Crippen LogP) is 1.95. The van der Waals surface area contributed by atoms with E-state index in [1.165, 1.54) is 12.8 Å². The number of carboxylic acids is 1. The summed E-state index contributed by atoms with van der Waals surface area (Å²) in [6.45, 7) is 0.783. The smallest absolute Gasteiger partial charge is 0.475 e. The molecule has 11 heteroatoms. The van der Waals surface area contributed by atoms with Gasteiger partial charge in [-0.1, -0.05) is 0 Å². The van der Waals surface area contributed by atoms with Gasteiger partial charge < -0.3 is 14.9 Å². The molecule has 1 saturated carbocycles. The molecule has 2 atom stereocenters. The molecule has 1 N–H and O–H groups in total. The molecule has 2 amide bonds. The Bertz CT molecular complexity index is 790. The summed E-state index contributed by atoms with van der Waals surface area (Å²) in [5.41, 5.74) is 0.860. The Kier molecular flexibility index (Phi) is 5.85. The zero-order valence-corrected chi connectivity index (χ0v) is 15.9. The van der Waals surface area contributed by atoms with Crippen molar-refractivity contribution < 1.29 is 32.7 Å². The number of halogens is 3. The SMILES string of the molecule is Cn1cc(N2C(=O)CC[C@@H]3[C@H]2CCN3C(=O)CC2CC2)cn1.O=C(O)C(F)(F)F. The summed E-state index contributed by atoms with van der Waals surface area (Å²) >= 11 is 0. The topological polar surface area (TPSA) is 95.7 Å². The second-order valence-corrected chi connectivity index (χ2v) is 7.64. The van der Waals surface area contributed by atoms with Crippen molar-refractivity contribution in [1.29, 1.82) is 0 Å². The maximum atomic E-state index is 12.5. The molecule has 4 rings (SSSR count). The van der Waals surface area contributed by atoms with Gasteiger partial charge in [0.15, 0.2) is 0 Å². The zero-order chi connectivity index (χ0) is 21.3. The molecule has 0 bridgehead atoms. The van der Waals surface area contributed by atoms with Crippen molar-refractivity contribution in [3.63, 3.8) is 0 Å². The molecule has 0 radical (unpaired) electrons. The lowest BCUT2D eigenvalue weighted by atomic mass is 9.95. The molecule has 2 saturated heterocycles. The minimum absolute atomic E-state index is 0.119. The standard InChI is InChI=1S/C16H22N4O2.C2HF3O2/c1-18-10-12(9-17-18)20-14-6-7-19(13(14)4-5-15(20)21)16(22)8-11-2-3-11;3-2(4,5)1(6)7/h9-11,13-14H,2-8H2,1H3;(H,6,7)/t13-,14-;/m1./s1. The Labute approximate surface area is 165 Å². The number of carbonyl (C=O) groups is 3. The minimum atomic E-state index is -5.08. The van der Waals surface area contributed by atoms with Crippen LogP contribution in [0, 0.1) is 5.92 Å². The lowest BCUT2D eigenvalue weighted by Gasteiger charge is -2.39. The Morgan fingerprint density at radius 2 is 1.86 bits per heavy atom. The van der Waals surface area contributed by atoms with Gasteiger partial charge in [0, 0.05) is 32.6 Å². The zero-order valence-electron chi connectivity index (χ0n) is 15.9. The lowest BCUT2D eigenvalue weighted by Crippen LogP contribution is -2.53. The van der Waals surface area contributed by atoms with Crippen molar-refractivity contribution in [2.24, 2.45) is 13.0 Å². The number of likely N-dealkylation sites (tertiary alicyclic amines) is 1. The summed E-state index contributed by atoms with van der Waals surface area (Å²) in [6.07, 6.45) is 3.84. The van der Waals surface area contributed by atoms with Crippen LogP contribution in [0.4, 0.5) is 18.9 Å². The number of rotatable bonds is 3. The first-order valence-corrected chi connectivity index (χ1v) is 9.48. The van der Waals surface area contributed by atoms with E-state index in [1.54, 1.807) is 10.9 Å². The van der Waals surface area contributed by atoms with E-state index in [0.717, 1.165) is 25.1 Å². The fourth-order valence-corrected chi connectivity index (χ4v) is 3.93. The fraction of sp³-hybridized carbons (Fsp3) is 0.667. The van der Waals surface area contributed by atoms with Crippen LogP contribution in [0.25, 0.3) is 0 Å². The quantitative estimate of drug-likeness (QED) is 0.813. The van der Waals surface area contributed by atoms with E-state index in [1.807, 2.05) is 23.0 Å². The largest absolute Gasteiger partial charge is 0.490 e. The number of fused-ring (bicyclic) bond motifs is 1. The predicted molar refractivity (Wildman–Crippen MR) is 94.9 cm³/mol. The molecule has 3 aliphatic rings. The van der Waals surface area contributed by atoms with Gasteiger partial charge in [-0.15, -0.1) is 0 Å². The second kappa shape index (κ2) is 8.03. The van der Waals surface area contributed by atoms with Gasteiger partial charge in [0.2, 0.25) is 11.8 Å². The summed E-state index contributed by atoms with van der Waals surface area (Å²) in [6, 6.07) is 0.303. The first kappa shape index (κ1) is 21.1. The van der Waals surface area contributed by atoms with E-state index in [2.05, 4.69) is 5.10 Å². The number of carbonyl (C=O) groups excluding carboxylic acids is 2. The van der Waals surface area contributed by atoms with E-state index in [-0.39, 0.29) is 23.9 Å². The van der Waals surface area contributed by atoms with Crippen LogP contribution in [0.2, 0.25) is 0 Å². The third kappa shape index (κ3) is 4.88. The van der Waals surface area contributed by atoms with Crippen molar-refractivity contribution >= 4 is 23.5 Å². The lowest BCUT2D eigenvalue weighted by molar-refractivity contribution is -0.192. The number of carboxylic acid groups (broad SMARTS) is 1. The summed E-state index contributed by atoms with van der Waals surface area (Å²) in [5.74, 6) is -1.69. The molecule has 29 heavy (non-hydrogen) atoms. The molecule has 1 aromatic heterocycles. The van der Waals surface area contributed by atoms with Crippen molar-refractivity contribution in [3.05, 3.63) is 12.4 Å². The van der Waals surface area contributed by atoms with Gasteiger partial charge in [0.25, 0.3) is 0 Å². The van der Waals surface area contributed by atoms with E-state index in [4.69, 9.17) is 9.90 Å². The first-order chi connectivity index (χ1) is 13.6. The Hall–Kier alpha value is -2.59. The van der Waals surface area contributed by atoms with Gasteiger partial charge in [0.1, 0.15) is 0 Å². The van der Waals surface area contributed by atoms with E-state index >= 15 is 0 Å². The molecule has 0 aromatic carbocycles. The molecule has 0 unspecified atom stereocenters. The van der Waals surface area contributed by atoms with Gasteiger partial charge in [-0.2, -0.15) is 18.3 Å². The maximum absolute atomic E-state index is 12.5. The highest BCUT2D eigenvalue weighted by Gasteiger charge is 2.46. The normalized spacial score (nSPS) is 24.1. The number of piperidine rings is 1. The summed E-state index contributed by atoms with van der Waals surface area (Å²) < 4.78 is 33.5. The van der Waals surface area contributed by atoms with Gasteiger partial charge >= 0.3 is 12.1 Å². The van der Waals surface area contributed by atoms with Gasteiger partial charge in [-0.3, -0.25) is 14.3 Å². The van der Waals surface area contributed by atoms with Crippen molar-refractivity contribution in [2.45, 2.75) is 56.8 Å². The third-order valence-corrected chi connectivity index (χ3v) is 5.46. The molecule has 3 heterocycles. The number of amides is 2. The molecule has 1 aliphatic carbocycles. The van der Waals surface area contributed by atoms with Crippen molar-refractivity contribution in [3.8, 4) is 0 Å². The van der Waals surface area contributed by atoms with Crippen LogP contribution in [0.3, 0.4) is 0 Å². The number of hydrogen-bond acceptors (Lipinski definition) is 4. The summed E-state index contributed by atoms with van der Waals surface area (Å²) in [4.78, 5) is 37.7. The molecular formula is C18H23F3N4O4. The Morgan fingerprint density at radius 3 is 2.38 bits per heavy atom. The third-order valence-electron chi connectivity index (χ3n) is 5.46. The number of nitrogens with zero attached hydrogens (tertiary/aromatic N) is 4. The van der Waals surface area contributed by atoms with E-state index in [0.29, 0.717) is 18.8 Å². The van der Waals surface area contributed by atoms with Crippen LogP contribution in [0.1, 0.15) is 38.5 Å². The number of aryl methyl sites for hydroxylation is 1. The highest BCUT2D eigenvalue weighted by atomic mass is 19.4. The second-order valence-electron chi connectivity index (χ2n) is 7.64. The first-order valence-electron chi connectivity index (χ1n) is 9.48. The molecule has 8 nitrogen and oxygen atoms in total. The molecule has 2 aliphatic heterocycles. The van der Waals surface area contributed by atoms with Crippen molar-refractivity contribution in [1.82, 2.24) is 14.7 Å². The molecule has 160 valence electrons. The van der Waals surface area contributed by atoms with Crippen LogP contribution in [0.15, 0.2) is 12.4 Å². The monoisotopic (exact) mass is 416 g/mol. The highest BCUT2D eigenvalue weighted by Crippen LogP contribution is 2.37. The number of aliphatic carboxylic acids is 1. The average Bonchev–Trinajstić information content (AvgIpc) is 3.17. The Balaban J connectivity index is 0.000000298. The maximum Gasteiger partial charge on any atom is 0.490 e. The van der Waals surface area contributed by atoms with Crippen LogP contribution < -0.4 is 4.90 Å².